The number of rotatable bonds is 7. The van der Waals surface area contributed by atoms with Gasteiger partial charge in [0, 0.05) is 30.2 Å². The van der Waals surface area contributed by atoms with Crippen LogP contribution in [0, 0.1) is 20.8 Å². The van der Waals surface area contributed by atoms with Crippen LogP contribution in [-0.4, -0.2) is 41.3 Å². The van der Waals surface area contributed by atoms with Crippen molar-refractivity contribution >= 4 is 26.6 Å². The van der Waals surface area contributed by atoms with Crippen LogP contribution in [0.3, 0.4) is 0 Å². The third-order valence-corrected chi connectivity index (χ3v) is 6.33. The van der Waals surface area contributed by atoms with E-state index in [1.54, 1.807) is 22.9 Å². The van der Waals surface area contributed by atoms with Crippen LogP contribution in [0.25, 0.3) is 16.6 Å². The molecule has 4 rings (SSSR count). The molecule has 160 valence electrons. The van der Waals surface area contributed by atoms with Crippen molar-refractivity contribution in [3.63, 3.8) is 0 Å². The maximum absolute atomic E-state index is 12.8. The minimum atomic E-state index is -3.64. The molecule has 0 unspecified atom stereocenters. The van der Waals surface area contributed by atoms with Crippen LogP contribution < -0.4 is 10.0 Å². The topological polar surface area (TPSA) is 102 Å². The average Bonchev–Trinajstić information content (AvgIpc) is 3.08. The third kappa shape index (κ3) is 4.57. The number of hydrogen-bond donors (Lipinski definition) is 2. The Morgan fingerprint density at radius 3 is 2.48 bits per heavy atom. The van der Waals surface area contributed by atoms with E-state index in [0.29, 0.717) is 29.4 Å². The van der Waals surface area contributed by atoms with E-state index in [4.69, 9.17) is 0 Å². The van der Waals surface area contributed by atoms with Gasteiger partial charge in [0.25, 0.3) is 0 Å². The maximum atomic E-state index is 12.8. The molecule has 0 spiro atoms. The lowest BCUT2D eigenvalue weighted by Crippen LogP contribution is -2.29. The standard InChI is InChI=1S/C22H24N6O2S/c1-15-13-16(2)28(27-15)22-14-21(25-17(3)26-22)23-11-12-24-31(29,30)20-10-6-8-18-7-4-5-9-19(18)20/h4-10,13-14,24H,11-12H2,1-3H3,(H,23,25,26). The number of nitrogens with zero attached hydrogens (tertiary/aromatic N) is 4. The van der Waals surface area contributed by atoms with Gasteiger partial charge in [-0.25, -0.2) is 27.8 Å². The van der Waals surface area contributed by atoms with Crippen LogP contribution in [0.2, 0.25) is 0 Å². The van der Waals surface area contributed by atoms with Gasteiger partial charge < -0.3 is 5.32 Å². The Morgan fingerprint density at radius 1 is 0.935 bits per heavy atom. The molecular formula is C22H24N6O2S. The van der Waals surface area contributed by atoms with E-state index >= 15 is 0 Å². The number of aromatic nitrogens is 4. The maximum Gasteiger partial charge on any atom is 0.241 e. The summed E-state index contributed by atoms with van der Waals surface area (Å²) in [6.07, 6.45) is 0. The Kier molecular flexibility index (Phi) is 5.71. The Bertz CT molecular complexity index is 1340. The highest BCUT2D eigenvalue weighted by Gasteiger charge is 2.16. The van der Waals surface area contributed by atoms with Gasteiger partial charge in [0.2, 0.25) is 10.0 Å². The lowest BCUT2D eigenvalue weighted by atomic mass is 10.1. The summed E-state index contributed by atoms with van der Waals surface area (Å²) in [5, 5.41) is 9.21. The smallest absolute Gasteiger partial charge is 0.241 e. The van der Waals surface area contributed by atoms with Crippen molar-refractivity contribution in [2.75, 3.05) is 18.4 Å². The van der Waals surface area contributed by atoms with Crippen molar-refractivity contribution in [2.24, 2.45) is 0 Å². The fourth-order valence-electron chi connectivity index (χ4n) is 3.50. The van der Waals surface area contributed by atoms with E-state index in [1.807, 2.05) is 57.2 Å². The second-order valence-electron chi connectivity index (χ2n) is 7.30. The molecule has 0 bridgehead atoms. The normalized spacial score (nSPS) is 11.7. The van der Waals surface area contributed by atoms with Crippen molar-refractivity contribution < 1.29 is 8.42 Å². The fraction of sp³-hybridized carbons (Fsp3) is 0.227. The first-order valence-corrected chi connectivity index (χ1v) is 11.4. The molecule has 9 heteroatoms. The molecule has 0 amide bonds. The zero-order valence-corrected chi connectivity index (χ0v) is 18.4. The first kappa shape index (κ1) is 21.0. The quantitative estimate of drug-likeness (QED) is 0.432. The van der Waals surface area contributed by atoms with Gasteiger partial charge in [0.15, 0.2) is 5.82 Å². The van der Waals surface area contributed by atoms with E-state index in [1.165, 1.54) is 0 Å². The fourth-order valence-corrected chi connectivity index (χ4v) is 4.75. The van der Waals surface area contributed by atoms with Gasteiger partial charge >= 0.3 is 0 Å². The van der Waals surface area contributed by atoms with Crippen LogP contribution in [0.5, 0.6) is 0 Å². The van der Waals surface area contributed by atoms with Gasteiger partial charge in [0.1, 0.15) is 11.6 Å². The van der Waals surface area contributed by atoms with Crippen molar-refractivity contribution in [3.8, 4) is 5.82 Å². The van der Waals surface area contributed by atoms with E-state index in [2.05, 4.69) is 25.1 Å². The number of benzene rings is 2. The molecule has 2 heterocycles. The summed E-state index contributed by atoms with van der Waals surface area (Å²) in [4.78, 5) is 9.11. The molecule has 0 aliphatic carbocycles. The van der Waals surface area contributed by atoms with Gasteiger partial charge in [-0.3, -0.25) is 0 Å². The van der Waals surface area contributed by atoms with Crippen molar-refractivity contribution in [1.82, 2.24) is 24.5 Å². The van der Waals surface area contributed by atoms with E-state index < -0.39 is 10.0 Å². The number of hydrogen-bond acceptors (Lipinski definition) is 6. The minimum absolute atomic E-state index is 0.212. The van der Waals surface area contributed by atoms with Crippen molar-refractivity contribution in [3.05, 3.63) is 71.8 Å². The summed E-state index contributed by atoms with van der Waals surface area (Å²) in [6.45, 7) is 6.29. The first-order valence-electron chi connectivity index (χ1n) is 9.94. The van der Waals surface area contributed by atoms with Gasteiger partial charge in [-0.15, -0.1) is 0 Å². The number of aryl methyl sites for hydroxylation is 3. The highest BCUT2D eigenvalue weighted by molar-refractivity contribution is 7.89. The summed E-state index contributed by atoms with van der Waals surface area (Å²) >= 11 is 0. The zero-order chi connectivity index (χ0) is 22.0. The van der Waals surface area contributed by atoms with E-state index in [0.717, 1.165) is 16.8 Å². The molecule has 2 aromatic carbocycles. The van der Waals surface area contributed by atoms with Crippen LogP contribution in [0.15, 0.2) is 59.5 Å². The van der Waals surface area contributed by atoms with Gasteiger partial charge in [-0.05, 0) is 38.3 Å². The van der Waals surface area contributed by atoms with Gasteiger partial charge in [-0.1, -0.05) is 36.4 Å². The number of fused-ring (bicyclic) bond motifs is 1. The highest BCUT2D eigenvalue weighted by atomic mass is 32.2. The van der Waals surface area contributed by atoms with Gasteiger partial charge in [0.05, 0.1) is 10.6 Å². The van der Waals surface area contributed by atoms with Crippen LogP contribution in [0.1, 0.15) is 17.2 Å². The molecule has 0 fully saturated rings. The third-order valence-electron chi connectivity index (χ3n) is 4.81. The van der Waals surface area contributed by atoms with Crippen LogP contribution >= 0.6 is 0 Å². The lowest BCUT2D eigenvalue weighted by molar-refractivity contribution is 0.584. The largest absolute Gasteiger partial charge is 0.369 e. The van der Waals surface area contributed by atoms with Crippen LogP contribution in [-0.2, 0) is 10.0 Å². The predicted molar refractivity (Wildman–Crippen MR) is 121 cm³/mol. The van der Waals surface area contributed by atoms with Gasteiger partial charge in [-0.2, -0.15) is 5.10 Å². The summed E-state index contributed by atoms with van der Waals surface area (Å²) in [5.41, 5.74) is 1.88. The molecule has 0 saturated carbocycles. The molecule has 0 aliphatic rings. The SMILES string of the molecule is Cc1cc(C)n(-c2cc(NCCNS(=O)(=O)c3cccc4ccccc34)nc(C)n2)n1. The minimum Gasteiger partial charge on any atom is -0.369 e. The molecule has 0 radical (unpaired) electrons. The van der Waals surface area contributed by atoms with Crippen molar-refractivity contribution in [2.45, 2.75) is 25.7 Å². The molecular weight excluding hydrogens is 412 g/mol. The molecule has 0 aliphatic heterocycles. The van der Waals surface area contributed by atoms with E-state index in [9.17, 15) is 8.42 Å². The second-order valence-corrected chi connectivity index (χ2v) is 9.03. The molecule has 8 nitrogen and oxygen atoms in total. The molecule has 0 saturated heterocycles. The van der Waals surface area contributed by atoms with E-state index in [-0.39, 0.29) is 11.4 Å². The Hall–Kier alpha value is -3.30. The molecule has 2 N–H and O–H groups in total. The average molecular weight is 437 g/mol. The highest BCUT2D eigenvalue weighted by Crippen LogP contribution is 2.22. The molecule has 2 aromatic heterocycles. The first-order chi connectivity index (χ1) is 14.8. The monoisotopic (exact) mass is 436 g/mol. The number of anilines is 1. The molecule has 4 aromatic rings. The van der Waals surface area contributed by atoms with Crippen LogP contribution in [0.4, 0.5) is 5.82 Å². The summed E-state index contributed by atoms with van der Waals surface area (Å²) in [6, 6.07) is 16.5. The number of sulfonamides is 1. The zero-order valence-electron chi connectivity index (χ0n) is 17.6. The molecule has 31 heavy (non-hydrogen) atoms. The Labute approximate surface area is 181 Å². The lowest BCUT2D eigenvalue weighted by Gasteiger charge is -2.12. The number of nitrogens with one attached hydrogen (secondary N) is 2. The molecule has 0 atom stereocenters. The second kappa shape index (κ2) is 8.44. The Balaban J connectivity index is 1.44. The van der Waals surface area contributed by atoms with Crippen molar-refractivity contribution in [1.29, 1.82) is 0 Å². The Morgan fingerprint density at radius 2 is 1.71 bits per heavy atom. The summed E-state index contributed by atoms with van der Waals surface area (Å²) < 4.78 is 30.1. The summed E-state index contributed by atoms with van der Waals surface area (Å²) in [5.74, 6) is 1.88. The summed E-state index contributed by atoms with van der Waals surface area (Å²) in [7, 11) is -3.64. The predicted octanol–water partition coefficient (Wildman–Crippen LogP) is 3.13.